The number of ether oxygens (including phenoxy) is 2. The lowest BCUT2D eigenvalue weighted by molar-refractivity contribution is -0.222. The van der Waals surface area contributed by atoms with Gasteiger partial charge in [0, 0.05) is 64.0 Å². The topological polar surface area (TPSA) is 88.2 Å². The summed E-state index contributed by atoms with van der Waals surface area (Å²) in [4.78, 5) is 40.3. The van der Waals surface area contributed by atoms with Crippen molar-refractivity contribution in [3.05, 3.63) is 36.0 Å². The van der Waals surface area contributed by atoms with Crippen molar-refractivity contribution < 1.29 is 23.9 Å². The lowest BCUT2D eigenvalue weighted by atomic mass is 10.1. The fourth-order valence-corrected chi connectivity index (χ4v) is 3.39. The fourth-order valence-electron chi connectivity index (χ4n) is 3.39. The Morgan fingerprint density at radius 2 is 1.63 bits per heavy atom. The average Bonchev–Trinajstić information content (AvgIpc) is 2.66. The zero-order valence-electron chi connectivity index (χ0n) is 17.9. The Bertz CT molecular complexity index is 815. The first-order valence-electron chi connectivity index (χ1n) is 10.2. The molecule has 0 bridgehead atoms. The van der Waals surface area contributed by atoms with E-state index in [0.29, 0.717) is 12.3 Å². The molecule has 2 fully saturated rings. The van der Waals surface area contributed by atoms with Gasteiger partial charge in [-0.3, -0.25) is 4.79 Å². The molecular weight excluding hydrogens is 386 g/mol. The van der Waals surface area contributed by atoms with E-state index in [1.807, 2.05) is 29.2 Å². The molecule has 1 aromatic rings. The summed E-state index contributed by atoms with van der Waals surface area (Å²) in [6, 6.07) is 7.67. The Kier molecular flexibility index (Phi) is 6.34. The number of carbonyl (C=O) groups excluding carboxylic acids is 3. The highest BCUT2D eigenvalue weighted by Gasteiger charge is 2.38. The maximum absolute atomic E-state index is 12.2. The highest BCUT2D eigenvalue weighted by atomic mass is 16.7. The van der Waals surface area contributed by atoms with Crippen LogP contribution in [0.5, 0.6) is 0 Å². The molecule has 0 saturated carbocycles. The summed E-state index contributed by atoms with van der Waals surface area (Å²) in [5, 5.41) is 2.94. The molecule has 2 aliphatic heterocycles. The highest BCUT2D eigenvalue weighted by Crippen LogP contribution is 2.24. The molecular formula is C22H29N3O5. The maximum atomic E-state index is 12.2. The van der Waals surface area contributed by atoms with Crippen molar-refractivity contribution in [2.45, 2.75) is 39.9 Å². The minimum absolute atomic E-state index is 0.180. The highest BCUT2D eigenvalue weighted by molar-refractivity contribution is 6.15. The number of anilines is 2. The lowest BCUT2D eigenvalue weighted by Crippen LogP contribution is -2.49. The van der Waals surface area contributed by atoms with E-state index in [0.717, 1.165) is 37.6 Å². The van der Waals surface area contributed by atoms with Crippen LogP contribution in [0.1, 0.15) is 34.1 Å². The number of piperazine rings is 1. The molecule has 0 radical (unpaired) electrons. The number of nitrogens with zero attached hydrogens (tertiary/aromatic N) is 2. The third kappa shape index (κ3) is 5.31. The van der Waals surface area contributed by atoms with Crippen molar-refractivity contribution in [2.24, 2.45) is 5.92 Å². The van der Waals surface area contributed by atoms with E-state index in [1.54, 1.807) is 0 Å². The van der Waals surface area contributed by atoms with Gasteiger partial charge in [-0.2, -0.15) is 0 Å². The number of nitrogens with one attached hydrogen (secondary N) is 1. The van der Waals surface area contributed by atoms with Crippen LogP contribution < -0.4 is 10.2 Å². The molecule has 0 spiro atoms. The smallest absolute Gasteiger partial charge is 0.350 e. The van der Waals surface area contributed by atoms with Gasteiger partial charge in [-0.05, 0) is 30.2 Å². The molecule has 2 aliphatic rings. The van der Waals surface area contributed by atoms with Crippen molar-refractivity contribution in [1.29, 1.82) is 0 Å². The van der Waals surface area contributed by atoms with E-state index >= 15 is 0 Å². The van der Waals surface area contributed by atoms with Crippen LogP contribution in [0.15, 0.2) is 36.0 Å². The Morgan fingerprint density at radius 1 is 1.07 bits per heavy atom. The molecule has 0 aromatic heterocycles. The average molecular weight is 415 g/mol. The molecule has 3 rings (SSSR count). The monoisotopic (exact) mass is 415 g/mol. The predicted octanol–water partition coefficient (Wildman–Crippen LogP) is 2.51. The van der Waals surface area contributed by atoms with Gasteiger partial charge in [-0.1, -0.05) is 13.8 Å². The first kappa shape index (κ1) is 21.7. The van der Waals surface area contributed by atoms with Gasteiger partial charge in [0.15, 0.2) is 5.57 Å². The van der Waals surface area contributed by atoms with E-state index in [4.69, 9.17) is 9.47 Å². The zero-order chi connectivity index (χ0) is 21.9. The molecule has 0 aliphatic carbocycles. The summed E-state index contributed by atoms with van der Waals surface area (Å²) in [6.07, 6.45) is 1.89. The maximum Gasteiger partial charge on any atom is 0.350 e. The second-order valence-corrected chi connectivity index (χ2v) is 8.39. The number of esters is 2. The van der Waals surface area contributed by atoms with Crippen LogP contribution in [0.25, 0.3) is 0 Å². The Balaban J connectivity index is 1.55. The first-order valence-corrected chi connectivity index (χ1v) is 10.2. The standard InChI is InChI=1S/C22H29N3O5/c1-15(2)13-19(26)25-11-9-24(10-12-25)17-7-5-16(6-8-17)23-14-18-20(27)29-22(3,4)30-21(18)28/h5-8,14-15,23H,9-13H2,1-4H3. The van der Waals surface area contributed by atoms with Gasteiger partial charge >= 0.3 is 11.9 Å². The molecule has 0 unspecified atom stereocenters. The van der Waals surface area contributed by atoms with Crippen molar-refractivity contribution in [2.75, 3.05) is 36.4 Å². The van der Waals surface area contributed by atoms with Crippen LogP contribution in [-0.4, -0.2) is 54.7 Å². The van der Waals surface area contributed by atoms with E-state index in [-0.39, 0.29) is 11.5 Å². The van der Waals surface area contributed by atoms with Crippen molar-refractivity contribution in [3.8, 4) is 0 Å². The summed E-state index contributed by atoms with van der Waals surface area (Å²) in [5.74, 6) is -2.10. The Labute approximate surface area is 176 Å². The summed E-state index contributed by atoms with van der Waals surface area (Å²) >= 11 is 0. The third-order valence-corrected chi connectivity index (χ3v) is 4.95. The van der Waals surface area contributed by atoms with Crippen LogP contribution in [-0.2, 0) is 23.9 Å². The molecule has 2 saturated heterocycles. The summed E-state index contributed by atoms with van der Waals surface area (Å²) in [5.41, 5.74) is 1.60. The Morgan fingerprint density at radius 3 is 2.17 bits per heavy atom. The lowest BCUT2D eigenvalue weighted by Gasteiger charge is -2.36. The second kappa shape index (κ2) is 8.77. The summed E-state index contributed by atoms with van der Waals surface area (Å²) in [7, 11) is 0. The van der Waals surface area contributed by atoms with Crippen LogP contribution in [0.3, 0.4) is 0 Å². The molecule has 8 heteroatoms. The number of hydrogen-bond acceptors (Lipinski definition) is 7. The number of carbonyl (C=O) groups is 3. The summed E-state index contributed by atoms with van der Waals surface area (Å²) in [6.45, 7) is 10.1. The fraction of sp³-hybridized carbons (Fsp3) is 0.500. The first-order chi connectivity index (χ1) is 14.1. The zero-order valence-corrected chi connectivity index (χ0v) is 17.9. The predicted molar refractivity (Wildman–Crippen MR) is 113 cm³/mol. The molecule has 0 atom stereocenters. The molecule has 1 N–H and O–H groups in total. The minimum atomic E-state index is -1.25. The molecule has 2 heterocycles. The van der Waals surface area contributed by atoms with Crippen LogP contribution in [0, 0.1) is 5.92 Å². The van der Waals surface area contributed by atoms with Gasteiger partial charge in [0.25, 0.3) is 5.79 Å². The summed E-state index contributed by atoms with van der Waals surface area (Å²) < 4.78 is 10.1. The van der Waals surface area contributed by atoms with Crippen LogP contribution in [0.2, 0.25) is 0 Å². The number of amides is 1. The molecule has 8 nitrogen and oxygen atoms in total. The van der Waals surface area contributed by atoms with Crippen molar-refractivity contribution in [3.63, 3.8) is 0 Å². The van der Waals surface area contributed by atoms with Crippen LogP contribution >= 0.6 is 0 Å². The van der Waals surface area contributed by atoms with E-state index in [1.165, 1.54) is 20.0 Å². The van der Waals surface area contributed by atoms with Crippen LogP contribution in [0.4, 0.5) is 11.4 Å². The van der Waals surface area contributed by atoms with Crippen molar-refractivity contribution >= 4 is 29.2 Å². The minimum Gasteiger partial charge on any atom is -0.419 e. The number of cyclic esters (lactones) is 2. The van der Waals surface area contributed by atoms with Crippen molar-refractivity contribution in [1.82, 2.24) is 4.90 Å². The SMILES string of the molecule is CC(C)CC(=O)N1CCN(c2ccc(NC=C3C(=O)OC(C)(C)OC3=O)cc2)CC1. The number of rotatable bonds is 5. The van der Waals surface area contributed by atoms with Gasteiger partial charge in [-0.25, -0.2) is 9.59 Å². The van der Waals surface area contributed by atoms with Gasteiger partial charge in [0.05, 0.1) is 0 Å². The van der Waals surface area contributed by atoms with Gasteiger partial charge < -0.3 is 24.6 Å². The van der Waals surface area contributed by atoms with E-state index in [2.05, 4.69) is 24.1 Å². The van der Waals surface area contributed by atoms with Gasteiger partial charge in [0.2, 0.25) is 5.91 Å². The van der Waals surface area contributed by atoms with E-state index in [9.17, 15) is 14.4 Å². The normalized spacial score (nSPS) is 18.8. The number of hydrogen-bond donors (Lipinski definition) is 1. The molecule has 1 amide bonds. The third-order valence-electron chi connectivity index (χ3n) is 4.95. The quantitative estimate of drug-likeness (QED) is 0.449. The largest absolute Gasteiger partial charge is 0.419 e. The Hall–Kier alpha value is -3.03. The van der Waals surface area contributed by atoms with Gasteiger partial charge in [0.1, 0.15) is 0 Å². The molecule has 30 heavy (non-hydrogen) atoms. The molecule has 1 aromatic carbocycles. The van der Waals surface area contributed by atoms with Gasteiger partial charge in [-0.15, -0.1) is 0 Å². The number of benzene rings is 1. The molecule has 162 valence electrons. The van der Waals surface area contributed by atoms with E-state index < -0.39 is 17.7 Å². The second-order valence-electron chi connectivity index (χ2n) is 8.39.